The zero-order valence-electron chi connectivity index (χ0n) is 14.5. The van der Waals surface area contributed by atoms with E-state index in [2.05, 4.69) is 30.7 Å². The first-order valence-electron chi connectivity index (χ1n) is 8.12. The van der Waals surface area contributed by atoms with Gasteiger partial charge in [0.25, 0.3) is 6.33 Å². The Morgan fingerprint density at radius 1 is 1.34 bits per heavy atom. The van der Waals surface area contributed by atoms with Crippen LogP contribution in [0.2, 0.25) is 5.02 Å². The monoisotopic (exact) mass is 416 g/mol. The van der Waals surface area contributed by atoms with Crippen molar-refractivity contribution in [2.24, 2.45) is 4.99 Å². The van der Waals surface area contributed by atoms with Crippen LogP contribution in [0.25, 0.3) is 5.69 Å². The van der Waals surface area contributed by atoms with Gasteiger partial charge in [0, 0.05) is 6.20 Å². The van der Waals surface area contributed by atoms with E-state index in [0.29, 0.717) is 5.69 Å². The van der Waals surface area contributed by atoms with Crippen molar-refractivity contribution in [2.45, 2.75) is 6.54 Å². The predicted octanol–water partition coefficient (Wildman–Crippen LogP) is 1.23. The van der Waals surface area contributed by atoms with Gasteiger partial charge in [-0.05, 0) is 35.5 Å². The van der Waals surface area contributed by atoms with Crippen LogP contribution in [0, 0.1) is 5.82 Å². The highest BCUT2D eigenvalue weighted by atomic mass is 35.5. The van der Waals surface area contributed by atoms with Crippen LogP contribution < -0.4 is 10.2 Å². The van der Waals surface area contributed by atoms with Crippen molar-refractivity contribution < 1.29 is 18.9 Å². The van der Waals surface area contributed by atoms with Gasteiger partial charge in [-0.15, -0.1) is 4.68 Å². The molecule has 11 nitrogen and oxygen atoms in total. The van der Waals surface area contributed by atoms with Gasteiger partial charge in [-0.3, -0.25) is 15.7 Å². The van der Waals surface area contributed by atoms with Crippen molar-refractivity contribution in [1.29, 1.82) is 0 Å². The lowest BCUT2D eigenvalue weighted by Gasteiger charge is -2.03. The molecule has 0 atom stereocenters. The molecule has 3 heterocycles. The molecule has 13 heteroatoms. The van der Waals surface area contributed by atoms with Gasteiger partial charge in [-0.25, -0.2) is 14.0 Å². The topological polar surface area (TPSA) is 131 Å². The average molecular weight is 417 g/mol. The minimum atomic E-state index is -0.582. The zero-order valence-corrected chi connectivity index (χ0v) is 15.3. The maximum Gasteiger partial charge on any atom is 0.250 e. The lowest BCUT2D eigenvalue weighted by atomic mass is 10.2. The molecule has 0 spiro atoms. The molecule has 4 aromatic rings. The zero-order chi connectivity index (χ0) is 20.2. The first-order chi connectivity index (χ1) is 14.1. The SMILES string of the molecule is ONC(=Nc1ccc(F)c(Cl)c1)c1nonc1C[n+]1cn(-c2cccnc2)nn1. The van der Waals surface area contributed by atoms with Crippen molar-refractivity contribution >= 4 is 23.1 Å². The molecule has 0 aliphatic carbocycles. The summed E-state index contributed by atoms with van der Waals surface area (Å²) in [6.07, 6.45) is 4.91. The largest absolute Gasteiger partial charge is 0.290 e. The van der Waals surface area contributed by atoms with E-state index in [1.807, 2.05) is 11.5 Å². The van der Waals surface area contributed by atoms with E-state index in [4.69, 9.17) is 16.2 Å². The number of amidine groups is 1. The van der Waals surface area contributed by atoms with E-state index in [1.54, 1.807) is 24.8 Å². The number of tetrazole rings is 1. The second-order valence-corrected chi connectivity index (χ2v) is 6.09. The summed E-state index contributed by atoms with van der Waals surface area (Å²) in [4.78, 5) is 8.19. The molecule has 4 rings (SSSR count). The van der Waals surface area contributed by atoms with E-state index < -0.39 is 5.82 Å². The fourth-order valence-electron chi connectivity index (χ4n) is 2.41. The van der Waals surface area contributed by atoms with E-state index >= 15 is 0 Å². The Labute approximate surface area is 167 Å². The molecule has 0 fully saturated rings. The highest BCUT2D eigenvalue weighted by Crippen LogP contribution is 2.22. The van der Waals surface area contributed by atoms with Crippen LogP contribution in [0.5, 0.6) is 0 Å². The molecule has 1 aromatic carbocycles. The van der Waals surface area contributed by atoms with Crippen LogP contribution in [-0.2, 0) is 6.54 Å². The summed E-state index contributed by atoms with van der Waals surface area (Å²) in [5.41, 5.74) is 3.41. The maximum absolute atomic E-state index is 13.3. The fourth-order valence-corrected chi connectivity index (χ4v) is 2.58. The van der Waals surface area contributed by atoms with Crippen molar-refractivity contribution in [3.05, 3.63) is 71.3 Å². The van der Waals surface area contributed by atoms with Crippen LogP contribution in [0.15, 0.2) is 58.7 Å². The van der Waals surface area contributed by atoms with Crippen molar-refractivity contribution in [2.75, 3.05) is 0 Å². The van der Waals surface area contributed by atoms with Crippen molar-refractivity contribution in [3.8, 4) is 5.69 Å². The summed E-state index contributed by atoms with van der Waals surface area (Å²) >= 11 is 5.76. The molecular weight excluding hydrogens is 405 g/mol. The Morgan fingerprint density at radius 2 is 2.24 bits per heavy atom. The lowest BCUT2D eigenvalue weighted by molar-refractivity contribution is -0.747. The minimum Gasteiger partial charge on any atom is -0.290 e. The summed E-state index contributed by atoms with van der Waals surface area (Å²) < 4.78 is 21.1. The van der Waals surface area contributed by atoms with E-state index in [9.17, 15) is 9.60 Å². The Kier molecular flexibility index (Phi) is 5.18. The molecule has 3 aromatic heterocycles. The molecule has 0 bridgehead atoms. The number of hydrogen-bond acceptors (Lipinski definition) is 8. The number of hydrogen-bond donors (Lipinski definition) is 2. The number of nitrogens with zero attached hydrogens (tertiary/aromatic N) is 8. The summed E-state index contributed by atoms with van der Waals surface area (Å²) in [7, 11) is 0. The molecular formula is C16H12ClFN9O2+. The Balaban J connectivity index is 1.60. The van der Waals surface area contributed by atoms with E-state index in [1.165, 1.54) is 21.5 Å². The Bertz CT molecular complexity index is 1160. The Morgan fingerprint density at radius 3 is 3.00 bits per heavy atom. The van der Waals surface area contributed by atoms with Gasteiger partial charge in [0.2, 0.25) is 0 Å². The van der Waals surface area contributed by atoms with Crippen LogP contribution in [0.3, 0.4) is 0 Å². The number of rotatable bonds is 5. The second kappa shape index (κ2) is 8.08. The Hall–Kier alpha value is -3.77. The molecule has 29 heavy (non-hydrogen) atoms. The van der Waals surface area contributed by atoms with Gasteiger partial charge < -0.3 is 0 Å². The van der Waals surface area contributed by atoms with Crippen LogP contribution in [0.1, 0.15) is 11.4 Å². The third-order valence-corrected chi connectivity index (χ3v) is 4.04. The standard InChI is InChI=1S/C16H12ClFN9O2/c17-12-6-10(3-4-13(12)18)20-16(21-28)15-14(22-29-23-15)8-26-9-27(25-24-26)11-2-1-5-19-7-11/h1-7,9,28H,8H2,(H,20,21)/q+1. The third kappa shape index (κ3) is 4.07. The molecule has 146 valence electrons. The molecule has 0 saturated carbocycles. The normalized spacial score (nSPS) is 11.6. The highest BCUT2D eigenvalue weighted by molar-refractivity contribution is 6.31. The molecule has 0 saturated heterocycles. The summed E-state index contributed by atoms with van der Waals surface area (Å²) in [5.74, 6) is -0.648. The predicted molar refractivity (Wildman–Crippen MR) is 95.3 cm³/mol. The summed E-state index contributed by atoms with van der Waals surface area (Å²) in [5, 5.41) is 25.0. The maximum atomic E-state index is 13.3. The summed E-state index contributed by atoms with van der Waals surface area (Å²) in [6, 6.07) is 7.45. The van der Waals surface area contributed by atoms with Gasteiger partial charge in [-0.2, -0.15) is 0 Å². The van der Waals surface area contributed by atoms with Gasteiger partial charge in [0.15, 0.2) is 28.1 Å². The van der Waals surface area contributed by atoms with Crippen LogP contribution in [-0.4, -0.2) is 41.4 Å². The highest BCUT2D eigenvalue weighted by Gasteiger charge is 2.20. The molecule has 0 aliphatic rings. The first kappa shape index (κ1) is 18.6. The van der Waals surface area contributed by atoms with Crippen molar-refractivity contribution in [3.63, 3.8) is 0 Å². The molecule has 0 unspecified atom stereocenters. The summed E-state index contributed by atoms with van der Waals surface area (Å²) in [6.45, 7) is 0.129. The van der Waals surface area contributed by atoms with E-state index in [-0.39, 0.29) is 28.8 Å². The number of aliphatic imine (C=N–C) groups is 1. The molecule has 0 radical (unpaired) electrons. The minimum absolute atomic E-state index is 0.0656. The number of hydroxylamine groups is 1. The fraction of sp³-hybridized carbons (Fsp3) is 0.0625. The third-order valence-electron chi connectivity index (χ3n) is 3.75. The number of benzene rings is 1. The number of halogens is 2. The first-order valence-corrected chi connectivity index (χ1v) is 8.50. The van der Waals surface area contributed by atoms with Crippen LogP contribution in [0.4, 0.5) is 10.1 Å². The van der Waals surface area contributed by atoms with Gasteiger partial charge in [0.05, 0.1) is 16.9 Å². The second-order valence-electron chi connectivity index (χ2n) is 5.68. The van der Waals surface area contributed by atoms with E-state index in [0.717, 1.165) is 11.8 Å². The van der Waals surface area contributed by atoms with Gasteiger partial charge in [-0.1, -0.05) is 21.4 Å². The number of aromatic nitrogens is 7. The van der Waals surface area contributed by atoms with Crippen molar-refractivity contribution in [1.82, 2.24) is 35.9 Å². The van der Waals surface area contributed by atoms with Crippen LogP contribution >= 0.6 is 11.6 Å². The molecule has 0 amide bonds. The number of pyridine rings is 1. The van der Waals surface area contributed by atoms with Gasteiger partial charge >= 0.3 is 0 Å². The number of nitrogens with one attached hydrogen (secondary N) is 1. The smallest absolute Gasteiger partial charge is 0.250 e. The lowest BCUT2D eigenvalue weighted by Crippen LogP contribution is -2.37. The quantitative estimate of drug-likeness (QED) is 0.215. The van der Waals surface area contributed by atoms with Gasteiger partial charge in [0.1, 0.15) is 17.6 Å². The molecule has 2 N–H and O–H groups in total. The molecule has 0 aliphatic heterocycles. The average Bonchev–Trinajstić information content (AvgIpc) is 3.40.